The van der Waals surface area contributed by atoms with Crippen LogP contribution in [-0.4, -0.2) is 27.9 Å². The zero-order valence-corrected chi connectivity index (χ0v) is 13.4. The van der Waals surface area contributed by atoms with Gasteiger partial charge >= 0.3 is 0 Å². The summed E-state index contributed by atoms with van der Waals surface area (Å²) in [6.45, 7) is 7.31. The van der Waals surface area contributed by atoms with Gasteiger partial charge < -0.3 is 10.6 Å². The van der Waals surface area contributed by atoms with Crippen molar-refractivity contribution in [2.24, 2.45) is 0 Å². The van der Waals surface area contributed by atoms with Gasteiger partial charge in [-0.15, -0.1) is 0 Å². The Morgan fingerprint density at radius 3 is 2.60 bits per heavy atom. The lowest BCUT2D eigenvalue weighted by atomic mass is 10.1. The van der Waals surface area contributed by atoms with E-state index < -0.39 is 4.92 Å². The van der Waals surface area contributed by atoms with Crippen LogP contribution in [0.2, 0.25) is 0 Å². The fourth-order valence-corrected chi connectivity index (χ4v) is 1.95. The number of aromatic nitrogens is 1. The minimum absolute atomic E-state index is 0.0418. The van der Waals surface area contributed by atoms with E-state index in [1.807, 2.05) is 20.8 Å². The molecule has 110 valence electrons. The van der Waals surface area contributed by atoms with Crippen molar-refractivity contribution in [3.8, 4) is 0 Å². The van der Waals surface area contributed by atoms with Crippen LogP contribution in [-0.2, 0) is 4.79 Å². The average molecular weight is 345 g/mol. The van der Waals surface area contributed by atoms with Crippen LogP contribution in [0.25, 0.3) is 0 Å². The SMILES string of the molecule is Cc1c([N+](=O)[O-])cnc(NCC(=O)NC(C)(C)C)c1Br. The van der Waals surface area contributed by atoms with Gasteiger partial charge in [-0.25, -0.2) is 4.98 Å². The zero-order valence-electron chi connectivity index (χ0n) is 11.8. The van der Waals surface area contributed by atoms with Gasteiger partial charge in [0.1, 0.15) is 12.0 Å². The molecule has 0 aliphatic heterocycles. The van der Waals surface area contributed by atoms with Crippen molar-refractivity contribution >= 4 is 33.3 Å². The number of nitrogens with one attached hydrogen (secondary N) is 2. The highest BCUT2D eigenvalue weighted by Gasteiger charge is 2.18. The molecule has 0 saturated heterocycles. The summed E-state index contributed by atoms with van der Waals surface area (Å²) in [6, 6.07) is 0. The van der Waals surface area contributed by atoms with Gasteiger partial charge in [0.25, 0.3) is 5.69 Å². The van der Waals surface area contributed by atoms with Crippen LogP contribution < -0.4 is 10.6 Å². The van der Waals surface area contributed by atoms with E-state index in [0.717, 1.165) is 0 Å². The van der Waals surface area contributed by atoms with E-state index in [-0.39, 0.29) is 23.7 Å². The topological polar surface area (TPSA) is 97.2 Å². The number of anilines is 1. The second-order valence-electron chi connectivity index (χ2n) is 5.34. The van der Waals surface area contributed by atoms with E-state index in [9.17, 15) is 14.9 Å². The van der Waals surface area contributed by atoms with Gasteiger partial charge in [-0.2, -0.15) is 0 Å². The molecule has 0 fully saturated rings. The first-order chi connectivity index (χ1) is 9.11. The van der Waals surface area contributed by atoms with Gasteiger partial charge in [0.15, 0.2) is 0 Å². The molecule has 0 saturated carbocycles. The van der Waals surface area contributed by atoms with Crippen molar-refractivity contribution in [2.75, 3.05) is 11.9 Å². The summed E-state index contributed by atoms with van der Waals surface area (Å²) in [6.07, 6.45) is 1.17. The van der Waals surface area contributed by atoms with E-state index >= 15 is 0 Å². The molecule has 1 amide bonds. The van der Waals surface area contributed by atoms with E-state index in [1.54, 1.807) is 6.92 Å². The van der Waals surface area contributed by atoms with Crippen molar-refractivity contribution in [3.63, 3.8) is 0 Å². The number of carbonyl (C=O) groups is 1. The Bertz CT molecular complexity index is 540. The van der Waals surface area contributed by atoms with Crippen molar-refractivity contribution in [1.29, 1.82) is 0 Å². The molecule has 2 N–H and O–H groups in total. The zero-order chi connectivity index (χ0) is 15.5. The molecular weight excluding hydrogens is 328 g/mol. The Balaban J connectivity index is 2.78. The number of pyridine rings is 1. The van der Waals surface area contributed by atoms with Crippen LogP contribution in [0.4, 0.5) is 11.5 Å². The molecule has 0 aliphatic rings. The lowest BCUT2D eigenvalue weighted by molar-refractivity contribution is -0.385. The first kappa shape index (κ1) is 16.4. The summed E-state index contributed by atoms with van der Waals surface area (Å²) < 4.78 is 0.482. The van der Waals surface area contributed by atoms with Gasteiger partial charge in [-0.1, -0.05) is 0 Å². The number of hydrogen-bond acceptors (Lipinski definition) is 5. The summed E-state index contributed by atoms with van der Waals surface area (Å²) in [4.78, 5) is 25.9. The maximum atomic E-state index is 11.7. The molecule has 1 aromatic heterocycles. The average Bonchev–Trinajstić information content (AvgIpc) is 2.28. The van der Waals surface area contributed by atoms with Crippen LogP contribution in [0.5, 0.6) is 0 Å². The molecule has 1 aromatic rings. The largest absolute Gasteiger partial charge is 0.360 e. The first-order valence-electron chi connectivity index (χ1n) is 5.96. The normalized spacial score (nSPS) is 11.1. The number of nitrogens with zero attached hydrogens (tertiary/aromatic N) is 2. The molecule has 8 heteroatoms. The summed E-state index contributed by atoms with van der Waals surface area (Å²) in [5.41, 5.74) is 0.0831. The van der Waals surface area contributed by atoms with Crippen LogP contribution in [0.15, 0.2) is 10.7 Å². The standard InChI is InChI=1S/C12H17BrN4O3/c1-7-8(17(19)20)5-14-11(10(7)13)15-6-9(18)16-12(2,3)4/h5H,6H2,1-4H3,(H,14,15)(H,16,18). The predicted molar refractivity (Wildman–Crippen MR) is 79.7 cm³/mol. The van der Waals surface area contributed by atoms with Crippen LogP contribution in [0.1, 0.15) is 26.3 Å². The lowest BCUT2D eigenvalue weighted by Crippen LogP contribution is -2.43. The monoisotopic (exact) mass is 344 g/mol. The second-order valence-corrected chi connectivity index (χ2v) is 6.13. The molecule has 20 heavy (non-hydrogen) atoms. The number of amides is 1. The van der Waals surface area contributed by atoms with Crippen molar-refractivity contribution in [2.45, 2.75) is 33.2 Å². The second kappa shape index (κ2) is 6.17. The molecule has 0 atom stereocenters. The number of halogens is 1. The molecule has 0 aliphatic carbocycles. The number of nitro groups is 1. The Hall–Kier alpha value is -1.70. The highest BCUT2D eigenvalue weighted by Crippen LogP contribution is 2.30. The fourth-order valence-electron chi connectivity index (χ4n) is 1.50. The number of hydrogen-bond donors (Lipinski definition) is 2. The molecule has 0 bridgehead atoms. The summed E-state index contributed by atoms with van der Waals surface area (Å²) in [7, 11) is 0. The van der Waals surface area contributed by atoms with E-state index in [1.165, 1.54) is 6.20 Å². The first-order valence-corrected chi connectivity index (χ1v) is 6.75. The Kier molecular flexibility index (Phi) is 5.04. The molecule has 7 nitrogen and oxygen atoms in total. The quantitative estimate of drug-likeness (QED) is 0.645. The highest BCUT2D eigenvalue weighted by molar-refractivity contribution is 9.10. The predicted octanol–water partition coefficient (Wildman–Crippen LogP) is 2.39. The number of carbonyl (C=O) groups excluding carboxylic acids is 1. The molecule has 0 unspecified atom stereocenters. The maximum Gasteiger partial charge on any atom is 0.291 e. The maximum absolute atomic E-state index is 11.7. The Morgan fingerprint density at radius 1 is 1.50 bits per heavy atom. The highest BCUT2D eigenvalue weighted by atomic mass is 79.9. The minimum Gasteiger partial charge on any atom is -0.360 e. The third-order valence-electron chi connectivity index (χ3n) is 2.36. The van der Waals surface area contributed by atoms with Gasteiger partial charge in [0, 0.05) is 11.1 Å². The molecule has 1 rings (SSSR count). The Labute approximate surface area is 125 Å². The Morgan fingerprint density at radius 2 is 2.10 bits per heavy atom. The molecular formula is C12H17BrN4O3. The molecule has 0 radical (unpaired) electrons. The van der Waals surface area contributed by atoms with Crippen molar-refractivity contribution in [1.82, 2.24) is 10.3 Å². The van der Waals surface area contributed by atoms with Gasteiger partial charge in [-0.3, -0.25) is 14.9 Å². The smallest absolute Gasteiger partial charge is 0.291 e. The fraction of sp³-hybridized carbons (Fsp3) is 0.500. The van der Waals surface area contributed by atoms with Crippen LogP contribution in [0, 0.1) is 17.0 Å². The lowest BCUT2D eigenvalue weighted by Gasteiger charge is -2.20. The third kappa shape index (κ3) is 4.44. The van der Waals surface area contributed by atoms with Gasteiger partial charge in [0.2, 0.25) is 5.91 Å². The van der Waals surface area contributed by atoms with E-state index in [4.69, 9.17) is 0 Å². The van der Waals surface area contributed by atoms with E-state index in [2.05, 4.69) is 31.5 Å². The van der Waals surface area contributed by atoms with Gasteiger partial charge in [0.05, 0.1) is 15.9 Å². The minimum atomic E-state index is -0.497. The van der Waals surface area contributed by atoms with Crippen molar-refractivity contribution in [3.05, 3.63) is 26.3 Å². The van der Waals surface area contributed by atoms with E-state index in [0.29, 0.717) is 15.9 Å². The molecule has 0 spiro atoms. The van der Waals surface area contributed by atoms with Crippen LogP contribution in [0.3, 0.4) is 0 Å². The molecule has 0 aromatic carbocycles. The summed E-state index contributed by atoms with van der Waals surface area (Å²) in [5.74, 6) is 0.222. The van der Waals surface area contributed by atoms with Crippen LogP contribution >= 0.6 is 15.9 Å². The molecule has 1 heterocycles. The third-order valence-corrected chi connectivity index (χ3v) is 3.34. The van der Waals surface area contributed by atoms with Gasteiger partial charge in [-0.05, 0) is 43.6 Å². The number of rotatable bonds is 4. The summed E-state index contributed by atoms with van der Waals surface area (Å²) >= 11 is 3.25. The summed E-state index contributed by atoms with van der Waals surface area (Å²) in [5, 5.41) is 16.4. The van der Waals surface area contributed by atoms with Crippen molar-refractivity contribution < 1.29 is 9.72 Å².